The van der Waals surface area contributed by atoms with Crippen LogP contribution in [0.2, 0.25) is 5.02 Å². The molecule has 0 spiro atoms. The number of hydrogen-bond donors (Lipinski definition) is 2. The van der Waals surface area contributed by atoms with Crippen molar-refractivity contribution in [1.82, 2.24) is 14.3 Å². The van der Waals surface area contributed by atoms with Gasteiger partial charge >= 0.3 is 12.1 Å². The molecule has 0 atom stereocenters. The Bertz CT molecular complexity index is 1550. The third-order valence-electron chi connectivity index (χ3n) is 6.23. The first-order chi connectivity index (χ1) is 18.8. The number of aliphatic carboxylic acids is 1. The molecule has 2 aromatic carbocycles. The maximum Gasteiger partial charge on any atom is 0.490 e. The molecule has 15 heteroatoms. The standard InChI is InChI=1S/C23H23ClN4O4S.C2HF3O2/c1-31-16-4-2-3-15(11-16)22-21-17-13-20(33(29,30)28-7-9-32-10-8-28)18(24)12-14(17)5-6-19(21)26-23(25)27-22;3-2(4,5)1(6)7/h2-4,11-13H,5-10H2,1H3,(H2,25,26,27);(H,6,7). The molecule has 5 rings (SSSR count). The third kappa shape index (κ3) is 6.14. The fourth-order valence-corrected chi connectivity index (χ4v) is 6.34. The van der Waals surface area contributed by atoms with Crippen LogP contribution in [0.5, 0.6) is 5.75 Å². The number of hydrogen-bond acceptors (Lipinski definition) is 8. The molecule has 40 heavy (non-hydrogen) atoms. The first-order valence-electron chi connectivity index (χ1n) is 11.8. The van der Waals surface area contributed by atoms with E-state index in [-0.39, 0.29) is 15.9 Å². The molecule has 1 saturated heterocycles. The first kappa shape index (κ1) is 29.5. The van der Waals surface area contributed by atoms with Gasteiger partial charge in [-0.15, -0.1) is 0 Å². The van der Waals surface area contributed by atoms with E-state index in [1.165, 1.54) is 4.31 Å². The fraction of sp³-hybridized carbons (Fsp3) is 0.320. The highest BCUT2D eigenvalue weighted by atomic mass is 35.5. The minimum atomic E-state index is -5.08. The van der Waals surface area contributed by atoms with E-state index >= 15 is 0 Å². The summed E-state index contributed by atoms with van der Waals surface area (Å²) in [5.74, 6) is -1.90. The number of carboxylic acids is 1. The number of nitrogen functional groups attached to an aromatic ring is 1. The molecule has 0 bridgehead atoms. The number of methoxy groups -OCH3 is 1. The van der Waals surface area contributed by atoms with Crippen molar-refractivity contribution in [1.29, 1.82) is 0 Å². The molecule has 0 radical (unpaired) electrons. The summed E-state index contributed by atoms with van der Waals surface area (Å²) in [6, 6.07) is 10.9. The number of aryl methyl sites for hydroxylation is 2. The number of nitrogens with zero attached hydrogens (tertiary/aromatic N) is 3. The Morgan fingerprint density at radius 2 is 1.82 bits per heavy atom. The Morgan fingerprint density at radius 1 is 1.15 bits per heavy atom. The Hall–Kier alpha value is -3.46. The summed E-state index contributed by atoms with van der Waals surface area (Å²) < 4.78 is 70.7. The van der Waals surface area contributed by atoms with Crippen LogP contribution in [-0.4, -0.2) is 73.4 Å². The van der Waals surface area contributed by atoms with Crippen molar-refractivity contribution in [2.24, 2.45) is 0 Å². The van der Waals surface area contributed by atoms with E-state index in [4.69, 9.17) is 36.7 Å². The lowest BCUT2D eigenvalue weighted by Crippen LogP contribution is -2.40. The van der Waals surface area contributed by atoms with Gasteiger partial charge in [-0.25, -0.2) is 23.2 Å². The molecule has 10 nitrogen and oxygen atoms in total. The van der Waals surface area contributed by atoms with Crippen LogP contribution in [0.1, 0.15) is 11.3 Å². The molecular formula is C25H24ClF3N4O6S. The number of carbonyl (C=O) groups is 1. The summed E-state index contributed by atoms with van der Waals surface area (Å²) in [6.45, 7) is 1.30. The molecule has 214 valence electrons. The van der Waals surface area contributed by atoms with Gasteiger partial charge in [-0.1, -0.05) is 23.7 Å². The molecule has 2 aliphatic rings. The number of aromatic nitrogens is 2. The lowest BCUT2D eigenvalue weighted by atomic mass is 9.86. The number of sulfonamides is 1. The summed E-state index contributed by atoms with van der Waals surface area (Å²) in [4.78, 5) is 18.0. The minimum Gasteiger partial charge on any atom is -0.497 e. The highest BCUT2D eigenvalue weighted by molar-refractivity contribution is 7.89. The fourth-order valence-electron chi connectivity index (χ4n) is 4.38. The van der Waals surface area contributed by atoms with Crippen LogP contribution in [0.25, 0.3) is 22.4 Å². The summed E-state index contributed by atoms with van der Waals surface area (Å²) >= 11 is 6.51. The number of anilines is 1. The zero-order valence-electron chi connectivity index (χ0n) is 21.0. The molecular weight excluding hydrogens is 577 g/mol. The molecule has 1 aromatic heterocycles. The van der Waals surface area contributed by atoms with Gasteiger partial charge in [0.25, 0.3) is 0 Å². The number of carboxylic acid groups (broad SMARTS) is 1. The van der Waals surface area contributed by atoms with Crippen LogP contribution in [0.4, 0.5) is 19.1 Å². The van der Waals surface area contributed by atoms with Crippen molar-refractivity contribution >= 4 is 33.5 Å². The Balaban J connectivity index is 0.000000470. The highest BCUT2D eigenvalue weighted by Gasteiger charge is 2.38. The zero-order valence-corrected chi connectivity index (χ0v) is 22.6. The second kappa shape index (κ2) is 11.6. The zero-order chi connectivity index (χ0) is 29.2. The number of morpholine rings is 1. The number of benzene rings is 2. The largest absolute Gasteiger partial charge is 0.497 e. The number of halogens is 4. The van der Waals surface area contributed by atoms with Crippen molar-refractivity contribution < 1.29 is 41.0 Å². The number of nitrogens with two attached hydrogens (primary N) is 1. The molecule has 0 amide bonds. The van der Waals surface area contributed by atoms with Gasteiger partial charge in [0.15, 0.2) is 0 Å². The molecule has 3 N–H and O–H groups in total. The van der Waals surface area contributed by atoms with Gasteiger partial charge in [0.2, 0.25) is 16.0 Å². The second-order valence-electron chi connectivity index (χ2n) is 8.74. The number of rotatable bonds is 4. The predicted molar refractivity (Wildman–Crippen MR) is 140 cm³/mol. The Morgan fingerprint density at radius 3 is 2.45 bits per heavy atom. The van der Waals surface area contributed by atoms with Gasteiger partial charge in [0, 0.05) is 24.2 Å². The second-order valence-corrected chi connectivity index (χ2v) is 11.1. The van der Waals surface area contributed by atoms with Crippen molar-refractivity contribution in [3.05, 3.63) is 52.7 Å². The van der Waals surface area contributed by atoms with E-state index < -0.39 is 22.2 Å². The van der Waals surface area contributed by atoms with E-state index in [0.717, 1.165) is 27.9 Å². The smallest absolute Gasteiger partial charge is 0.490 e. The Labute approximate surface area is 232 Å². The third-order valence-corrected chi connectivity index (χ3v) is 8.60. The van der Waals surface area contributed by atoms with Gasteiger partial charge in [-0.3, -0.25) is 0 Å². The van der Waals surface area contributed by atoms with Crippen molar-refractivity contribution in [3.8, 4) is 28.1 Å². The van der Waals surface area contributed by atoms with Crippen molar-refractivity contribution in [3.63, 3.8) is 0 Å². The maximum atomic E-state index is 13.4. The molecule has 3 aromatic rings. The van der Waals surface area contributed by atoms with Gasteiger partial charge in [-0.05, 0) is 48.2 Å². The van der Waals surface area contributed by atoms with E-state index in [0.29, 0.717) is 50.6 Å². The monoisotopic (exact) mass is 600 g/mol. The average Bonchev–Trinajstić information content (AvgIpc) is 2.92. The van der Waals surface area contributed by atoms with Crippen LogP contribution in [0.3, 0.4) is 0 Å². The number of ether oxygens (including phenoxy) is 2. The van der Waals surface area contributed by atoms with Crippen LogP contribution < -0.4 is 10.5 Å². The van der Waals surface area contributed by atoms with Gasteiger partial charge in [-0.2, -0.15) is 17.5 Å². The van der Waals surface area contributed by atoms with Crippen LogP contribution in [0.15, 0.2) is 41.3 Å². The maximum absolute atomic E-state index is 13.4. The molecule has 1 aliphatic heterocycles. The van der Waals surface area contributed by atoms with E-state index in [2.05, 4.69) is 9.97 Å². The average molecular weight is 601 g/mol. The molecule has 0 saturated carbocycles. The molecule has 1 fully saturated rings. The van der Waals surface area contributed by atoms with Crippen molar-refractivity contribution in [2.45, 2.75) is 23.9 Å². The van der Waals surface area contributed by atoms with Crippen LogP contribution in [-0.2, 0) is 32.4 Å². The normalized spacial score (nSPS) is 15.3. The quantitative estimate of drug-likeness (QED) is 0.456. The lowest BCUT2D eigenvalue weighted by Gasteiger charge is -2.28. The van der Waals surface area contributed by atoms with Gasteiger partial charge in [0.1, 0.15) is 10.6 Å². The Kier molecular flexibility index (Phi) is 8.54. The minimum absolute atomic E-state index is 0.0751. The number of alkyl halides is 3. The summed E-state index contributed by atoms with van der Waals surface area (Å²) in [7, 11) is -2.19. The van der Waals surface area contributed by atoms with Crippen LogP contribution in [0, 0.1) is 0 Å². The molecule has 0 unspecified atom stereocenters. The van der Waals surface area contributed by atoms with E-state index in [9.17, 15) is 21.6 Å². The lowest BCUT2D eigenvalue weighted by molar-refractivity contribution is -0.192. The van der Waals surface area contributed by atoms with Gasteiger partial charge < -0.3 is 20.3 Å². The highest BCUT2D eigenvalue weighted by Crippen LogP contribution is 2.43. The topological polar surface area (TPSA) is 145 Å². The number of fused-ring (bicyclic) bond motifs is 3. The molecule has 2 heterocycles. The van der Waals surface area contributed by atoms with E-state index in [1.807, 2.05) is 24.3 Å². The van der Waals surface area contributed by atoms with Crippen LogP contribution >= 0.6 is 11.6 Å². The van der Waals surface area contributed by atoms with E-state index in [1.54, 1.807) is 19.2 Å². The molecule has 1 aliphatic carbocycles. The van der Waals surface area contributed by atoms with Crippen molar-refractivity contribution in [2.75, 3.05) is 39.1 Å². The SMILES string of the molecule is COc1cccc(-c2nc(N)nc3c2-c2cc(S(=O)(=O)N4CCOCC4)c(Cl)cc2CC3)c1.O=C(O)C(F)(F)F. The first-order valence-corrected chi connectivity index (χ1v) is 13.7. The summed E-state index contributed by atoms with van der Waals surface area (Å²) in [5, 5.41) is 7.34. The summed E-state index contributed by atoms with van der Waals surface area (Å²) in [6.07, 6.45) is -3.76. The predicted octanol–water partition coefficient (Wildman–Crippen LogP) is 3.81. The summed E-state index contributed by atoms with van der Waals surface area (Å²) in [5.41, 5.74) is 10.7. The van der Waals surface area contributed by atoms with Gasteiger partial charge in [0.05, 0.1) is 36.7 Å².